The zero-order chi connectivity index (χ0) is 2.00. The van der Waals surface area contributed by atoms with E-state index in [1.165, 1.54) is 0 Å². The van der Waals surface area contributed by atoms with Gasteiger partial charge < -0.3 is 6.92 Å². The Kier molecular flexibility index (Phi) is 315. The molecule has 0 bridgehead atoms. The van der Waals surface area contributed by atoms with Gasteiger partial charge in [-0.3, -0.25) is 0 Å². The molecule has 0 saturated heterocycles. The molecular formula is C3H9W-. The molecule has 0 spiro atoms. The second kappa shape index (κ2) is 56.3. The SMILES string of the molecule is C.[CH2-]C.[W]. The smallest absolute Gasteiger partial charge is 0 e. The van der Waals surface area contributed by atoms with Gasteiger partial charge in [0.25, 0.3) is 0 Å². The minimum atomic E-state index is 0. The molecule has 0 aromatic heterocycles. The molecule has 0 saturated carbocycles. The second-order valence-corrected chi connectivity index (χ2v) is 0. The summed E-state index contributed by atoms with van der Waals surface area (Å²) in [5, 5.41) is 0. The van der Waals surface area contributed by atoms with Gasteiger partial charge >= 0.3 is 0 Å². The van der Waals surface area contributed by atoms with Gasteiger partial charge in [0.15, 0.2) is 0 Å². The summed E-state index contributed by atoms with van der Waals surface area (Å²) < 4.78 is 0. The van der Waals surface area contributed by atoms with Gasteiger partial charge in [-0.05, 0) is 0 Å². The van der Waals surface area contributed by atoms with Crippen molar-refractivity contribution in [2.75, 3.05) is 0 Å². The minimum Gasteiger partial charge on any atom is -0.346 e. The van der Waals surface area contributed by atoms with Crippen LogP contribution in [0.15, 0.2) is 0 Å². The number of rotatable bonds is 0. The Bertz CT molecular complexity index is 3.25. The molecule has 0 aliphatic carbocycles. The van der Waals surface area contributed by atoms with Crippen LogP contribution in [0.3, 0.4) is 0 Å². The molecule has 0 aliphatic rings. The molecule has 1 heteroatoms. The van der Waals surface area contributed by atoms with Crippen LogP contribution in [0.25, 0.3) is 0 Å². The molecule has 0 fully saturated rings. The third kappa shape index (κ3) is 16.2. The van der Waals surface area contributed by atoms with Gasteiger partial charge in [-0.2, -0.15) is 6.92 Å². The molecule has 0 aromatic rings. The molecule has 0 N–H and O–H groups in total. The van der Waals surface area contributed by atoms with Crippen LogP contribution < -0.4 is 0 Å². The van der Waals surface area contributed by atoms with Gasteiger partial charge in [-0.15, -0.1) is 0 Å². The van der Waals surface area contributed by atoms with E-state index in [1.54, 1.807) is 6.92 Å². The van der Waals surface area contributed by atoms with E-state index in [1.807, 2.05) is 0 Å². The Labute approximate surface area is 42.9 Å². The van der Waals surface area contributed by atoms with Gasteiger partial charge in [-0.1, -0.05) is 7.43 Å². The molecule has 0 rings (SSSR count). The van der Waals surface area contributed by atoms with Crippen molar-refractivity contribution in [3.8, 4) is 0 Å². The summed E-state index contributed by atoms with van der Waals surface area (Å²) in [6.07, 6.45) is 0. The quantitative estimate of drug-likeness (QED) is 0.552. The molecule has 4 heavy (non-hydrogen) atoms. The molecule has 0 nitrogen and oxygen atoms in total. The first-order valence-corrected chi connectivity index (χ1v) is 0.707. The maximum Gasteiger partial charge on any atom is 0 e. The molecule has 0 atom stereocenters. The number of hydrogen-bond donors (Lipinski definition) is 0. The molecular weight excluding hydrogens is 220 g/mol. The summed E-state index contributed by atoms with van der Waals surface area (Å²) in [6, 6.07) is 0. The first kappa shape index (κ1) is 22.4. The molecule has 0 aromatic carbocycles. The van der Waals surface area contributed by atoms with Gasteiger partial charge in [-0.25, -0.2) is 0 Å². The van der Waals surface area contributed by atoms with Crippen LogP contribution in [0.4, 0.5) is 0 Å². The van der Waals surface area contributed by atoms with Crippen molar-refractivity contribution in [1.29, 1.82) is 0 Å². The first-order chi connectivity index (χ1) is 1.00. The fourth-order valence-electron chi connectivity index (χ4n) is 0. The fraction of sp³-hybridized carbons (Fsp3) is 0.667. The van der Waals surface area contributed by atoms with E-state index in [9.17, 15) is 0 Å². The largest absolute Gasteiger partial charge is 0.346 e. The van der Waals surface area contributed by atoms with Crippen LogP contribution in [0.2, 0.25) is 0 Å². The second-order valence-electron chi connectivity index (χ2n) is 0. The predicted octanol–water partition coefficient (Wildman–Crippen LogP) is 1.47. The molecule has 0 heterocycles. The van der Waals surface area contributed by atoms with Crippen molar-refractivity contribution in [3.05, 3.63) is 6.92 Å². The number of hydrogen-bond acceptors (Lipinski definition) is 0. The molecule has 0 aliphatic heterocycles. The Hall–Kier alpha value is 0.688. The van der Waals surface area contributed by atoms with Crippen molar-refractivity contribution < 1.29 is 21.1 Å². The van der Waals surface area contributed by atoms with E-state index in [4.69, 9.17) is 0 Å². The van der Waals surface area contributed by atoms with Crippen molar-refractivity contribution in [2.24, 2.45) is 0 Å². The Morgan fingerprint density at radius 3 is 1.25 bits per heavy atom. The van der Waals surface area contributed by atoms with Crippen LogP contribution in [0, 0.1) is 6.92 Å². The zero-order valence-corrected chi connectivity index (χ0v) is 5.05. The summed E-state index contributed by atoms with van der Waals surface area (Å²) >= 11 is 0. The molecule has 28 valence electrons. The third-order valence-electron chi connectivity index (χ3n) is 0. The Morgan fingerprint density at radius 2 is 1.25 bits per heavy atom. The summed E-state index contributed by atoms with van der Waals surface area (Å²) in [5.74, 6) is 0. The molecule has 0 unspecified atom stereocenters. The summed E-state index contributed by atoms with van der Waals surface area (Å²) in [7, 11) is 0. The zero-order valence-electron chi connectivity index (χ0n) is 2.12. The van der Waals surface area contributed by atoms with Crippen LogP contribution >= 0.6 is 0 Å². The van der Waals surface area contributed by atoms with Crippen molar-refractivity contribution in [3.63, 3.8) is 0 Å². The average molecular weight is 229 g/mol. The third-order valence-corrected chi connectivity index (χ3v) is 0. The van der Waals surface area contributed by atoms with E-state index >= 15 is 0 Å². The summed E-state index contributed by atoms with van der Waals surface area (Å²) in [6.45, 7) is 5.00. The fourth-order valence-corrected chi connectivity index (χ4v) is 0. The van der Waals surface area contributed by atoms with Crippen LogP contribution in [0.5, 0.6) is 0 Å². The summed E-state index contributed by atoms with van der Waals surface area (Å²) in [5.41, 5.74) is 0. The maximum atomic E-state index is 3.25. The van der Waals surface area contributed by atoms with Gasteiger partial charge in [0.05, 0.1) is 0 Å². The van der Waals surface area contributed by atoms with E-state index in [0.29, 0.717) is 0 Å². The van der Waals surface area contributed by atoms with Crippen molar-refractivity contribution in [2.45, 2.75) is 14.4 Å². The molecule has 0 amide bonds. The van der Waals surface area contributed by atoms with E-state index < -0.39 is 0 Å². The monoisotopic (exact) mass is 229 g/mol. The van der Waals surface area contributed by atoms with Crippen molar-refractivity contribution >= 4 is 0 Å². The van der Waals surface area contributed by atoms with E-state index in [0.717, 1.165) is 0 Å². The summed E-state index contributed by atoms with van der Waals surface area (Å²) in [4.78, 5) is 0. The maximum absolute atomic E-state index is 3.25. The van der Waals surface area contributed by atoms with Gasteiger partial charge in [0.1, 0.15) is 0 Å². The van der Waals surface area contributed by atoms with Crippen LogP contribution in [-0.2, 0) is 21.1 Å². The predicted molar refractivity (Wildman–Crippen MR) is 17.8 cm³/mol. The Balaban J connectivity index is -0.00000000500. The van der Waals surface area contributed by atoms with Gasteiger partial charge in [0, 0.05) is 21.1 Å². The first-order valence-electron chi connectivity index (χ1n) is 0.707. The average Bonchev–Trinajstić information content (AvgIpc) is 1.00. The normalized spacial score (nSPS) is 1.50. The topological polar surface area (TPSA) is 0 Å². The van der Waals surface area contributed by atoms with E-state index in [2.05, 4.69) is 6.92 Å². The van der Waals surface area contributed by atoms with Crippen LogP contribution in [0.1, 0.15) is 14.4 Å². The standard InChI is InChI=1S/C2H5.CH4.W/c1-2;;/h1H2,2H3;1H4;/q-1;;. The minimum absolute atomic E-state index is 0. The molecule has 0 radical (unpaired) electrons. The van der Waals surface area contributed by atoms with Crippen molar-refractivity contribution in [1.82, 2.24) is 0 Å². The van der Waals surface area contributed by atoms with Crippen LogP contribution in [-0.4, -0.2) is 0 Å². The van der Waals surface area contributed by atoms with Gasteiger partial charge in [0.2, 0.25) is 0 Å². The van der Waals surface area contributed by atoms with E-state index in [-0.39, 0.29) is 28.5 Å². The Morgan fingerprint density at radius 1 is 1.25 bits per heavy atom.